The molecule has 25 heavy (non-hydrogen) atoms. The van der Waals surface area contributed by atoms with Gasteiger partial charge in [-0.3, -0.25) is 14.5 Å². The number of ether oxygens (including phenoxy) is 1. The molecular formula is C19H26N2O4. The summed E-state index contributed by atoms with van der Waals surface area (Å²) in [7, 11) is 0. The lowest BCUT2D eigenvalue weighted by atomic mass is 9.91. The molecule has 2 rings (SSSR count). The van der Waals surface area contributed by atoms with Gasteiger partial charge in [0.15, 0.2) is 5.78 Å². The van der Waals surface area contributed by atoms with Crippen molar-refractivity contribution in [2.75, 3.05) is 13.1 Å². The molecule has 0 saturated carbocycles. The second-order valence-electron chi connectivity index (χ2n) is 7.28. The number of Topliss-reactive ketones (excluding diaryl/α,β-unsaturated/α-hetero) is 1. The van der Waals surface area contributed by atoms with Crippen LogP contribution < -0.4 is 5.32 Å². The second kappa shape index (κ2) is 8.14. The van der Waals surface area contributed by atoms with Crippen LogP contribution in [0.3, 0.4) is 0 Å². The Labute approximate surface area is 148 Å². The van der Waals surface area contributed by atoms with Gasteiger partial charge in [-0.25, -0.2) is 4.79 Å². The van der Waals surface area contributed by atoms with E-state index in [9.17, 15) is 14.4 Å². The molecule has 1 fully saturated rings. The third-order valence-electron chi connectivity index (χ3n) is 4.25. The van der Waals surface area contributed by atoms with E-state index in [0.717, 1.165) is 12.0 Å². The molecule has 0 spiro atoms. The first-order valence-electron chi connectivity index (χ1n) is 8.57. The number of carbonyl (C=O) groups excluding carboxylic acids is 3. The van der Waals surface area contributed by atoms with Crippen LogP contribution in [0.25, 0.3) is 0 Å². The van der Waals surface area contributed by atoms with Crippen molar-refractivity contribution in [1.29, 1.82) is 0 Å². The zero-order valence-electron chi connectivity index (χ0n) is 15.1. The average molecular weight is 346 g/mol. The lowest BCUT2D eigenvalue weighted by Gasteiger charge is -2.24. The number of carbonyl (C=O) groups is 3. The highest BCUT2D eigenvalue weighted by Crippen LogP contribution is 2.19. The Kier molecular flexibility index (Phi) is 6.17. The molecule has 1 N–H and O–H groups in total. The van der Waals surface area contributed by atoms with Crippen molar-refractivity contribution in [1.82, 2.24) is 10.2 Å². The highest BCUT2D eigenvalue weighted by Gasteiger charge is 2.35. The van der Waals surface area contributed by atoms with E-state index in [2.05, 4.69) is 5.32 Å². The molecule has 1 aromatic carbocycles. The lowest BCUT2D eigenvalue weighted by molar-refractivity contribution is -0.130. The zero-order valence-corrected chi connectivity index (χ0v) is 15.1. The molecule has 0 bridgehead atoms. The van der Waals surface area contributed by atoms with Gasteiger partial charge < -0.3 is 10.1 Å². The molecule has 1 heterocycles. The Morgan fingerprint density at radius 3 is 2.52 bits per heavy atom. The molecule has 1 aromatic rings. The molecule has 1 saturated heterocycles. The van der Waals surface area contributed by atoms with E-state index in [4.69, 9.17) is 4.74 Å². The van der Waals surface area contributed by atoms with E-state index in [0.29, 0.717) is 13.0 Å². The Morgan fingerprint density at radius 1 is 1.20 bits per heavy atom. The highest BCUT2D eigenvalue weighted by molar-refractivity contribution is 5.92. The molecule has 1 atom stereocenters. The van der Waals surface area contributed by atoms with Crippen LogP contribution in [0.2, 0.25) is 0 Å². The van der Waals surface area contributed by atoms with E-state index in [1.165, 1.54) is 4.90 Å². The van der Waals surface area contributed by atoms with Crippen LogP contribution in [0, 0.1) is 5.41 Å². The van der Waals surface area contributed by atoms with Crippen molar-refractivity contribution >= 4 is 17.8 Å². The van der Waals surface area contributed by atoms with Gasteiger partial charge in [0.25, 0.3) is 0 Å². The minimum Gasteiger partial charge on any atom is -0.445 e. The van der Waals surface area contributed by atoms with Crippen molar-refractivity contribution in [2.24, 2.45) is 5.41 Å². The molecule has 136 valence electrons. The van der Waals surface area contributed by atoms with Crippen LogP contribution in [-0.2, 0) is 20.9 Å². The van der Waals surface area contributed by atoms with Crippen LogP contribution in [0.1, 0.15) is 39.2 Å². The normalized spacial score (nSPS) is 17.2. The van der Waals surface area contributed by atoms with Gasteiger partial charge in [-0.2, -0.15) is 0 Å². The van der Waals surface area contributed by atoms with Crippen LogP contribution in [0.5, 0.6) is 0 Å². The van der Waals surface area contributed by atoms with Crippen LogP contribution in [-0.4, -0.2) is 41.8 Å². The summed E-state index contributed by atoms with van der Waals surface area (Å²) in [5.74, 6) is -0.344. The fraction of sp³-hybridized carbons (Fsp3) is 0.526. The van der Waals surface area contributed by atoms with E-state index < -0.39 is 17.6 Å². The minimum atomic E-state index is -0.573. The van der Waals surface area contributed by atoms with Gasteiger partial charge in [0.1, 0.15) is 12.6 Å². The maximum Gasteiger partial charge on any atom is 0.410 e. The summed E-state index contributed by atoms with van der Waals surface area (Å²) in [6.07, 6.45) is 0.825. The van der Waals surface area contributed by atoms with Crippen molar-refractivity contribution in [2.45, 2.75) is 46.3 Å². The first kappa shape index (κ1) is 19.0. The van der Waals surface area contributed by atoms with E-state index >= 15 is 0 Å². The molecule has 0 aromatic heterocycles. The Bertz CT molecular complexity index is 622. The molecule has 0 aliphatic carbocycles. The topological polar surface area (TPSA) is 75.7 Å². The molecule has 1 aliphatic heterocycles. The number of nitrogens with zero attached hydrogens (tertiary/aromatic N) is 1. The average Bonchev–Trinajstić information content (AvgIpc) is 3.07. The highest BCUT2D eigenvalue weighted by atomic mass is 16.6. The van der Waals surface area contributed by atoms with Gasteiger partial charge in [0.2, 0.25) is 5.91 Å². The molecule has 1 unspecified atom stereocenters. The standard InChI is InChI=1S/C19H26N2O4/c1-19(2,3)16(22)12-20-17(23)15-10-7-11-21(15)18(24)25-13-14-8-5-4-6-9-14/h4-6,8-9,15H,7,10-13H2,1-3H3,(H,20,23). The molecule has 1 aliphatic rings. The van der Waals surface area contributed by atoms with E-state index in [-0.39, 0.29) is 24.8 Å². The second-order valence-corrected chi connectivity index (χ2v) is 7.28. The summed E-state index contributed by atoms with van der Waals surface area (Å²) in [4.78, 5) is 38.0. The van der Waals surface area contributed by atoms with Crippen molar-refractivity contribution in [3.8, 4) is 0 Å². The number of benzene rings is 1. The van der Waals surface area contributed by atoms with Gasteiger partial charge in [-0.15, -0.1) is 0 Å². The summed E-state index contributed by atoms with van der Waals surface area (Å²) < 4.78 is 5.31. The summed E-state index contributed by atoms with van der Waals surface area (Å²) in [5.41, 5.74) is 0.392. The van der Waals surface area contributed by atoms with Gasteiger partial charge in [-0.1, -0.05) is 51.1 Å². The quantitative estimate of drug-likeness (QED) is 0.889. The third kappa shape index (κ3) is 5.31. The first-order valence-corrected chi connectivity index (χ1v) is 8.57. The van der Waals surface area contributed by atoms with Crippen LogP contribution in [0.15, 0.2) is 30.3 Å². The SMILES string of the molecule is CC(C)(C)C(=O)CNC(=O)C1CCCN1C(=O)OCc1ccccc1. The summed E-state index contributed by atoms with van der Waals surface area (Å²) in [5, 5.41) is 2.65. The van der Waals surface area contributed by atoms with Gasteiger partial charge in [0.05, 0.1) is 6.54 Å². The van der Waals surface area contributed by atoms with Crippen molar-refractivity contribution in [3.05, 3.63) is 35.9 Å². The maximum atomic E-state index is 12.4. The van der Waals surface area contributed by atoms with Crippen molar-refractivity contribution in [3.63, 3.8) is 0 Å². The molecule has 6 heteroatoms. The number of ketones is 1. The fourth-order valence-electron chi connectivity index (χ4n) is 2.61. The predicted octanol–water partition coefficient (Wildman–Crippen LogP) is 2.52. The Balaban J connectivity index is 1.87. The summed E-state index contributed by atoms with van der Waals surface area (Å²) >= 11 is 0. The monoisotopic (exact) mass is 346 g/mol. The van der Waals surface area contributed by atoms with Gasteiger partial charge in [-0.05, 0) is 18.4 Å². The number of amides is 2. The maximum absolute atomic E-state index is 12.4. The first-order chi connectivity index (χ1) is 11.8. The summed E-state index contributed by atoms with van der Waals surface area (Å²) in [6.45, 7) is 6.07. The molecule has 2 amide bonds. The number of hydrogen-bond acceptors (Lipinski definition) is 4. The minimum absolute atomic E-state index is 0.0221. The molecule has 6 nitrogen and oxygen atoms in total. The summed E-state index contributed by atoms with van der Waals surface area (Å²) in [6, 6.07) is 8.82. The number of hydrogen-bond donors (Lipinski definition) is 1. The number of likely N-dealkylation sites (tertiary alicyclic amines) is 1. The largest absolute Gasteiger partial charge is 0.445 e. The predicted molar refractivity (Wildman–Crippen MR) is 93.8 cm³/mol. The lowest BCUT2D eigenvalue weighted by Crippen LogP contribution is -2.48. The van der Waals surface area contributed by atoms with Crippen molar-refractivity contribution < 1.29 is 19.1 Å². The number of rotatable bonds is 5. The number of nitrogens with one attached hydrogen (secondary N) is 1. The van der Waals surface area contributed by atoms with Crippen LogP contribution >= 0.6 is 0 Å². The Morgan fingerprint density at radius 2 is 1.88 bits per heavy atom. The zero-order chi connectivity index (χ0) is 18.4. The third-order valence-corrected chi connectivity index (χ3v) is 4.25. The molecule has 0 radical (unpaired) electrons. The van der Waals surface area contributed by atoms with E-state index in [1.807, 2.05) is 51.1 Å². The fourth-order valence-corrected chi connectivity index (χ4v) is 2.61. The smallest absolute Gasteiger partial charge is 0.410 e. The van der Waals surface area contributed by atoms with Crippen LogP contribution in [0.4, 0.5) is 4.79 Å². The Hall–Kier alpha value is -2.37. The van der Waals surface area contributed by atoms with Gasteiger partial charge >= 0.3 is 6.09 Å². The van der Waals surface area contributed by atoms with Gasteiger partial charge in [0, 0.05) is 12.0 Å². The molecular weight excluding hydrogens is 320 g/mol. The van der Waals surface area contributed by atoms with E-state index in [1.54, 1.807) is 0 Å².